The van der Waals surface area contributed by atoms with Crippen molar-refractivity contribution in [2.24, 2.45) is 5.92 Å². The van der Waals surface area contributed by atoms with Crippen LogP contribution in [0.15, 0.2) is 12.3 Å². The molecule has 0 N–H and O–H groups in total. The lowest BCUT2D eigenvalue weighted by atomic mass is 10.2. The second-order valence-electron chi connectivity index (χ2n) is 4.21. The van der Waals surface area contributed by atoms with Gasteiger partial charge in [0.1, 0.15) is 5.82 Å². The van der Waals surface area contributed by atoms with E-state index in [0.717, 1.165) is 6.54 Å². The van der Waals surface area contributed by atoms with Gasteiger partial charge >= 0.3 is 0 Å². The van der Waals surface area contributed by atoms with Gasteiger partial charge in [0.25, 0.3) is 0 Å². The predicted molar refractivity (Wildman–Crippen MR) is 71.5 cm³/mol. The Morgan fingerprint density at radius 1 is 1.47 bits per heavy atom. The summed E-state index contributed by atoms with van der Waals surface area (Å²) in [5.41, 5.74) is 0. The molecule has 0 spiro atoms. The quantitative estimate of drug-likeness (QED) is 0.819. The van der Waals surface area contributed by atoms with Gasteiger partial charge in [-0.15, -0.1) is 0 Å². The zero-order valence-electron chi connectivity index (χ0n) is 9.95. The molecule has 17 heavy (non-hydrogen) atoms. The first-order valence-corrected chi connectivity index (χ1v) is 6.23. The van der Waals surface area contributed by atoms with E-state index in [1.54, 1.807) is 12.3 Å². The Balaban J connectivity index is 2.91. The summed E-state index contributed by atoms with van der Waals surface area (Å²) < 4.78 is 0. The topological polar surface area (TPSA) is 39.9 Å². The van der Waals surface area contributed by atoms with E-state index < -0.39 is 0 Å². The van der Waals surface area contributed by atoms with E-state index in [1.165, 1.54) is 0 Å². The average molecular weight is 272 g/mol. The minimum absolute atomic E-state index is 0.452. The van der Waals surface area contributed by atoms with E-state index in [-0.39, 0.29) is 0 Å². The fourth-order valence-corrected chi connectivity index (χ4v) is 2.05. The van der Waals surface area contributed by atoms with Gasteiger partial charge in [0.15, 0.2) is 0 Å². The fourth-order valence-electron chi connectivity index (χ4n) is 1.55. The van der Waals surface area contributed by atoms with Crippen LogP contribution in [0.5, 0.6) is 0 Å². The van der Waals surface area contributed by atoms with E-state index in [4.69, 9.17) is 28.5 Å². The van der Waals surface area contributed by atoms with Crippen LogP contribution < -0.4 is 4.90 Å². The molecular formula is C12H15Cl2N3. The first-order chi connectivity index (χ1) is 8.04. The molecule has 1 aromatic rings. The molecule has 0 aliphatic carbocycles. The summed E-state index contributed by atoms with van der Waals surface area (Å²) in [7, 11) is 0. The van der Waals surface area contributed by atoms with Gasteiger partial charge in [-0.05, 0) is 12.0 Å². The van der Waals surface area contributed by atoms with Crippen LogP contribution in [0.1, 0.15) is 20.3 Å². The predicted octanol–water partition coefficient (Wildman–Crippen LogP) is 3.76. The maximum absolute atomic E-state index is 8.66. The van der Waals surface area contributed by atoms with Gasteiger partial charge in [-0.1, -0.05) is 37.0 Å². The molecule has 1 aromatic heterocycles. The van der Waals surface area contributed by atoms with E-state index >= 15 is 0 Å². The normalized spacial score (nSPS) is 10.4. The molecule has 3 nitrogen and oxygen atoms in total. The number of aromatic nitrogens is 1. The molecule has 5 heteroatoms. The second-order valence-corrected chi connectivity index (χ2v) is 5.05. The van der Waals surface area contributed by atoms with Crippen LogP contribution in [-0.4, -0.2) is 18.1 Å². The minimum atomic E-state index is 0.452. The highest BCUT2D eigenvalue weighted by Crippen LogP contribution is 2.26. The summed E-state index contributed by atoms with van der Waals surface area (Å²) in [6.07, 6.45) is 2.02. The Kier molecular flexibility index (Phi) is 5.54. The molecule has 0 radical (unpaired) electrons. The fraction of sp³-hybridized carbons (Fsp3) is 0.500. The van der Waals surface area contributed by atoms with Crippen LogP contribution in [0.4, 0.5) is 5.82 Å². The molecule has 0 amide bonds. The molecule has 92 valence electrons. The van der Waals surface area contributed by atoms with Gasteiger partial charge < -0.3 is 4.90 Å². The number of halogens is 2. The number of nitriles is 1. The molecule has 0 saturated heterocycles. The Hall–Kier alpha value is -0.980. The second kappa shape index (κ2) is 6.68. The van der Waals surface area contributed by atoms with E-state index in [0.29, 0.717) is 34.7 Å². The number of hydrogen-bond acceptors (Lipinski definition) is 3. The molecule has 0 unspecified atom stereocenters. The summed E-state index contributed by atoms with van der Waals surface area (Å²) in [5, 5.41) is 9.70. The lowest BCUT2D eigenvalue weighted by Crippen LogP contribution is -2.29. The third kappa shape index (κ3) is 4.41. The molecule has 0 aliphatic heterocycles. The van der Waals surface area contributed by atoms with Crippen molar-refractivity contribution >= 4 is 29.0 Å². The Labute approximate surface area is 112 Å². The average Bonchev–Trinajstić information content (AvgIpc) is 2.24. The third-order valence-electron chi connectivity index (χ3n) is 2.17. The molecule has 0 saturated carbocycles. The zero-order valence-corrected chi connectivity index (χ0v) is 11.5. The number of hydrogen-bond donors (Lipinski definition) is 0. The first kappa shape index (κ1) is 14.1. The monoisotopic (exact) mass is 271 g/mol. The van der Waals surface area contributed by atoms with Crippen molar-refractivity contribution in [2.45, 2.75) is 20.3 Å². The number of nitrogens with zero attached hydrogens (tertiary/aromatic N) is 3. The summed E-state index contributed by atoms with van der Waals surface area (Å²) in [4.78, 5) is 6.26. The summed E-state index contributed by atoms with van der Waals surface area (Å²) >= 11 is 11.9. The van der Waals surface area contributed by atoms with Gasteiger partial charge in [0, 0.05) is 19.3 Å². The lowest BCUT2D eigenvalue weighted by Gasteiger charge is -2.25. The zero-order chi connectivity index (χ0) is 12.8. The third-order valence-corrected chi connectivity index (χ3v) is 2.65. The van der Waals surface area contributed by atoms with E-state index in [9.17, 15) is 0 Å². The van der Waals surface area contributed by atoms with Crippen molar-refractivity contribution in [3.8, 4) is 6.07 Å². The Morgan fingerprint density at radius 3 is 2.71 bits per heavy atom. The van der Waals surface area contributed by atoms with Gasteiger partial charge in [-0.2, -0.15) is 5.26 Å². The Morgan fingerprint density at radius 2 is 2.18 bits per heavy atom. The maximum atomic E-state index is 8.66. The molecule has 0 fully saturated rings. The number of rotatable bonds is 5. The van der Waals surface area contributed by atoms with E-state index in [1.807, 2.05) is 4.90 Å². The molecule has 1 rings (SSSR count). The molecule has 0 bridgehead atoms. The van der Waals surface area contributed by atoms with Gasteiger partial charge in [0.2, 0.25) is 0 Å². The van der Waals surface area contributed by atoms with Crippen molar-refractivity contribution < 1.29 is 0 Å². The van der Waals surface area contributed by atoms with Crippen LogP contribution >= 0.6 is 23.2 Å². The standard InChI is InChI=1S/C12H15Cl2N3/c1-9(2)8-17(5-3-4-15)12-11(14)6-10(13)7-16-12/h6-7,9H,3,5,8H2,1-2H3. The minimum Gasteiger partial charge on any atom is -0.354 e. The lowest BCUT2D eigenvalue weighted by molar-refractivity contribution is 0.608. The largest absolute Gasteiger partial charge is 0.354 e. The summed E-state index contributed by atoms with van der Waals surface area (Å²) in [5.74, 6) is 1.17. The SMILES string of the molecule is CC(C)CN(CCC#N)c1ncc(Cl)cc1Cl. The molecule has 0 aromatic carbocycles. The van der Waals surface area contributed by atoms with Crippen molar-refractivity contribution in [1.82, 2.24) is 4.98 Å². The highest BCUT2D eigenvalue weighted by Gasteiger charge is 2.13. The molecule has 0 atom stereocenters. The maximum Gasteiger partial charge on any atom is 0.147 e. The van der Waals surface area contributed by atoms with Crippen molar-refractivity contribution in [2.75, 3.05) is 18.0 Å². The van der Waals surface area contributed by atoms with Gasteiger partial charge in [-0.3, -0.25) is 0 Å². The van der Waals surface area contributed by atoms with E-state index in [2.05, 4.69) is 24.9 Å². The van der Waals surface area contributed by atoms with Crippen molar-refractivity contribution in [3.05, 3.63) is 22.3 Å². The van der Waals surface area contributed by atoms with Crippen LogP contribution in [0.3, 0.4) is 0 Å². The van der Waals surface area contributed by atoms with Crippen LogP contribution in [0, 0.1) is 17.2 Å². The highest BCUT2D eigenvalue weighted by atomic mass is 35.5. The van der Waals surface area contributed by atoms with Crippen LogP contribution in [-0.2, 0) is 0 Å². The van der Waals surface area contributed by atoms with Crippen LogP contribution in [0.25, 0.3) is 0 Å². The molecule has 0 aliphatic rings. The van der Waals surface area contributed by atoms with Crippen molar-refractivity contribution in [1.29, 1.82) is 5.26 Å². The molecular weight excluding hydrogens is 257 g/mol. The molecule has 1 heterocycles. The van der Waals surface area contributed by atoms with Crippen LogP contribution in [0.2, 0.25) is 10.0 Å². The van der Waals surface area contributed by atoms with Gasteiger partial charge in [0.05, 0.1) is 22.5 Å². The van der Waals surface area contributed by atoms with Gasteiger partial charge in [-0.25, -0.2) is 4.98 Å². The smallest absolute Gasteiger partial charge is 0.147 e. The number of anilines is 1. The summed E-state index contributed by atoms with van der Waals surface area (Å²) in [6, 6.07) is 3.81. The van der Waals surface area contributed by atoms with Crippen molar-refractivity contribution in [3.63, 3.8) is 0 Å². The number of pyridine rings is 1. The first-order valence-electron chi connectivity index (χ1n) is 5.47. The highest BCUT2D eigenvalue weighted by molar-refractivity contribution is 6.36. The Bertz CT molecular complexity index is 413. The summed E-state index contributed by atoms with van der Waals surface area (Å²) in [6.45, 7) is 5.67.